The molecule has 0 spiro atoms. The van der Waals surface area contributed by atoms with E-state index >= 15 is 0 Å². The number of fused-ring (bicyclic) bond motifs is 1. The lowest BCUT2D eigenvalue weighted by Gasteiger charge is -2.38. The summed E-state index contributed by atoms with van der Waals surface area (Å²) < 4.78 is 0. The van der Waals surface area contributed by atoms with E-state index in [1.165, 1.54) is 18.4 Å². The van der Waals surface area contributed by atoms with Crippen molar-refractivity contribution in [2.75, 3.05) is 18.4 Å². The van der Waals surface area contributed by atoms with Crippen molar-refractivity contribution in [2.45, 2.75) is 64.5 Å². The van der Waals surface area contributed by atoms with E-state index in [4.69, 9.17) is 11.6 Å². The summed E-state index contributed by atoms with van der Waals surface area (Å²) >= 11 is 6.03. The van der Waals surface area contributed by atoms with Crippen LogP contribution in [-0.4, -0.2) is 46.1 Å². The molecule has 1 aromatic carbocycles. The van der Waals surface area contributed by atoms with Gasteiger partial charge in [-0.15, -0.1) is 0 Å². The fourth-order valence-electron chi connectivity index (χ4n) is 5.81. The predicted octanol–water partition coefficient (Wildman–Crippen LogP) is 5.90. The number of hydrogen-bond acceptors (Lipinski definition) is 4. The monoisotopic (exact) mass is 491 g/mol. The highest BCUT2D eigenvalue weighted by atomic mass is 35.5. The zero-order valence-corrected chi connectivity index (χ0v) is 21.3. The van der Waals surface area contributed by atoms with E-state index in [2.05, 4.69) is 44.6 Å². The Morgan fingerprint density at radius 3 is 2.57 bits per heavy atom. The second-order valence-corrected chi connectivity index (χ2v) is 10.6. The number of aryl methyl sites for hydroxylation is 2. The summed E-state index contributed by atoms with van der Waals surface area (Å²) in [4.78, 5) is 24.5. The number of rotatable bonds is 5. The molecular formula is C28H34ClN5O. The molecule has 2 fully saturated rings. The number of likely N-dealkylation sites (tertiary alicyclic amines) is 1. The SMILES string of the molecule is Cc1cc(C)c2ccc(NC(=O)NC3CCCC3N3CCC(Cc4ccc(Cl)cc4)CC3)nc2n1. The molecule has 35 heavy (non-hydrogen) atoms. The number of nitrogens with zero attached hydrogens (tertiary/aromatic N) is 3. The van der Waals surface area contributed by atoms with Crippen molar-refractivity contribution in [1.82, 2.24) is 20.2 Å². The molecule has 0 bridgehead atoms. The lowest BCUT2D eigenvalue weighted by molar-refractivity contribution is 0.119. The first kappa shape index (κ1) is 24.0. The van der Waals surface area contributed by atoms with Gasteiger partial charge in [-0.25, -0.2) is 14.8 Å². The van der Waals surface area contributed by atoms with Crippen LogP contribution in [0, 0.1) is 19.8 Å². The minimum absolute atomic E-state index is 0.172. The van der Waals surface area contributed by atoms with Crippen LogP contribution in [-0.2, 0) is 6.42 Å². The summed E-state index contributed by atoms with van der Waals surface area (Å²) in [7, 11) is 0. The average Bonchev–Trinajstić information content (AvgIpc) is 3.28. The van der Waals surface area contributed by atoms with Gasteiger partial charge < -0.3 is 5.32 Å². The number of halogens is 1. The maximum atomic E-state index is 12.8. The molecular weight excluding hydrogens is 458 g/mol. The number of pyridine rings is 2. The Morgan fingerprint density at radius 2 is 1.80 bits per heavy atom. The van der Waals surface area contributed by atoms with Gasteiger partial charge in [-0.1, -0.05) is 23.7 Å². The van der Waals surface area contributed by atoms with Crippen LogP contribution in [0.2, 0.25) is 5.02 Å². The fraction of sp³-hybridized carbons (Fsp3) is 0.464. The molecule has 1 aliphatic heterocycles. The average molecular weight is 492 g/mol. The number of benzene rings is 1. The van der Waals surface area contributed by atoms with E-state index in [0.29, 0.717) is 23.4 Å². The van der Waals surface area contributed by atoms with Crippen molar-refractivity contribution in [3.8, 4) is 0 Å². The predicted molar refractivity (Wildman–Crippen MR) is 142 cm³/mol. The third-order valence-corrected chi connectivity index (χ3v) is 7.85. The van der Waals surface area contributed by atoms with E-state index < -0.39 is 0 Å². The van der Waals surface area contributed by atoms with E-state index in [1.807, 2.05) is 37.3 Å². The van der Waals surface area contributed by atoms with Gasteiger partial charge in [0, 0.05) is 28.2 Å². The van der Waals surface area contributed by atoms with Crippen molar-refractivity contribution >= 4 is 34.5 Å². The number of carbonyl (C=O) groups excluding carboxylic acids is 1. The van der Waals surface area contributed by atoms with Crippen LogP contribution >= 0.6 is 11.6 Å². The minimum atomic E-state index is -0.184. The highest BCUT2D eigenvalue weighted by Gasteiger charge is 2.35. The third kappa shape index (κ3) is 5.76. The van der Waals surface area contributed by atoms with Gasteiger partial charge in [0.05, 0.1) is 0 Å². The first-order valence-corrected chi connectivity index (χ1v) is 13.1. The molecule has 7 heteroatoms. The zero-order chi connectivity index (χ0) is 24.4. The van der Waals surface area contributed by atoms with Crippen LogP contribution in [0.25, 0.3) is 11.0 Å². The van der Waals surface area contributed by atoms with Crippen LogP contribution < -0.4 is 10.6 Å². The van der Waals surface area contributed by atoms with Gasteiger partial charge in [-0.05, 0) is 113 Å². The summed E-state index contributed by atoms with van der Waals surface area (Å²) in [5, 5.41) is 7.98. The van der Waals surface area contributed by atoms with Gasteiger partial charge >= 0.3 is 6.03 Å². The van der Waals surface area contributed by atoms with Gasteiger partial charge in [-0.3, -0.25) is 10.2 Å². The van der Waals surface area contributed by atoms with Gasteiger partial charge in [0.2, 0.25) is 0 Å². The van der Waals surface area contributed by atoms with E-state index in [-0.39, 0.29) is 12.1 Å². The molecule has 2 N–H and O–H groups in total. The Labute approximate surface area is 212 Å². The minimum Gasteiger partial charge on any atom is -0.334 e. The number of hydrogen-bond donors (Lipinski definition) is 2. The molecule has 0 radical (unpaired) electrons. The third-order valence-electron chi connectivity index (χ3n) is 7.60. The largest absolute Gasteiger partial charge is 0.334 e. The molecule has 184 valence electrons. The molecule has 2 aliphatic rings. The van der Waals surface area contributed by atoms with E-state index in [1.54, 1.807) is 0 Å². The van der Waals surface area contributed by atoms with Crippen molar-refractivity contribution in [3.63, 3.8) is 0 Å². The summed E-state index contributed by atoms with van der Waals surface area (Å²) in [6.45, 7) is 6.21. The Kier molecular flexibility index (Phi) is 7.21. The molecule has 2 unspecified atom stereocenters. The van der Waals surface area contributed by atoms with E-state index in [0.717, 1.165) is 60.4 Å². The molecule has 1 aliphatic carbocycles. The van der Waals surface area contributed by atoms with Crippen LogP contribution in [0.1, 0.15) is 48.9 Å². The van der Waals surface area contributed by atoms with Gasteiger partial charge in [0.25, 0.3) is 0 Å². The molecule has 1 saturated heterocycles. The number of urea groups is 1. The van der Waals surface area contributed by atoms with Gasteiger partial charge in [0.15, 0.2) is 5.65 Å². The molecule has 2 aromatic heterocycles. The smallest absolute Gasteiger partial charge is 0.320 e. The normalized spacial score (nSPS) is 21.3. The summed E-state index contributed by atoms with van der Waals surface area (Å²) in [6.07, 6.45) is 6.83. The Hall–Kier alpha value is -2.70. The lowest BCUT2D eigenvalue weighted by atomic mass is 9.89. The van der Waals surface area contributed by atoms with E-state index in [9.17, 15) is 4.79 Å². The van der Waals surface area contributed by atoms with Crippen LogP contribution in [0.4, 0.5) is 10.6 Å². The fourth-order valence-corrected chi connectivity index (χ4v) is 5.94. The van der Waals surface area contributed by atoms with Crippen LogP contribution in [0.5, 0.6) is 0 Å². The number of carbonyl (C=O) groups is 1. The highest BCUT2D eigenvalue weighted by molar-refractivity contribution is 6.30. The number of piperidine rings is 1. The van der Waals surface area contributed by atoms with Crippen molar-refractivity contribution in [2.24, 2.45) is 5.92 Å². The number of amides is 2. The molecule has 3 aromatic rings. The molecule has 6 nitrogen and oxygen atoms in total. The van der Waals surface area contributed by atoms with Crippen LogP contribution in [0.15, 0.2) is 42.5 Å². The van der Waals surface area contributed by atoms with Crippen LogP contribution in [0.3, 0.4) is 0 Å². The zero-order valence-electron chi connectivity index (χ0n) is 20.6. The Morgan fingerprint density at radius 1 is 1.03 bits per heavy atom. The number of nitrogens with one attached hydrogen (secondary N) is 2. The van der Waals surface area contributed by atoms with Crippen molar-refractivity contribution in [1.29, 1.82) is 0 Å². The molecule has 1 saturated carbocycles. The first-order chi connectivity index (χ1) is 16.9. The molecule has 5 rings (SSSR count). The summed E-state index contributed by atoms with van der Waals surface area (Å²) in [5.74, 6) is 1.24. The second-order valence-electron chi connectivity index (χ2n) is 10.2. The maximum absolute atomic E-state index is 12.8. The molecule has 2 amide bonds. The van der Waals surface area contributed by atoms with Crippen molar-refractivity contribution in [3.05, 3.63) is 64.3 Å². The standard InChI is InChI=1S/C28H34ClN5O/c1-18-16-19(2)30-27-23(18)10-11-26(32-27)33-28(35)31-24-4-3-5-25(24)34-14-12-21(13-15-34)17-20-6-8-22(29)9-7-20/h6-11,16,21,24-25H,3-5,12-15,17H2,1-2H3,(H2,30,31,32,33,35). The number of aromatic nitrogens is 2. The van der Waals surface area contributed by atoms with Gasteiger partial charge in [0.1, 0.15) is 5.82 Å². The molecule has 3 heterocycles. The topological polar surface area (TPSA) is 70.2 Å². The first-order valence-electron chi connectivity index (χ1n) is 12.8. The summed E-state index contributed by atoms with van der Waals surface area (Å²) in [6, 6.07) is 14.5. The summed E-state index contributed by atoms with van der Waals surface area (Å²) in [5.41, 5.74) is 4.10. The Bertz CT molecular complexity index is 1190. The lowest BCUT2D eigenvalue weighted by Crippen LogP contribution is -2.52. The van der Waals surface area contributed by atoms with Gasteiger partial charge in [-0.2, -0.15) is 0 Å². The molecule has 2 atom stereocenters. The van der Waals surface area contributed by atoms with Crippen molar-refractivity contribution < 1.29 is 4.79 Å². The maximum Gasteiger partial charge on any atom is 0.320 e. The quantitative estimate of drug-likeness (QED) is 0.466. The Balaban J connectivity index is 1.15. The highest BCUT2D eigenvalue weighted by Crippen LogP contribution is 2.30. The second kappa shape index (κ2) is 10.5. The number of anilines is 1.